The minimum atomic E-state index is -0.0154. The average molecular weight is 246 g/mol. The van der Waals surface area contributed by atoms with Crippen molar-refractivity contribution in [1.29, 1.82) is 0 Å². The fourth-order valence-electron chi connectivity index (χ4n) is 2.81. The molecule has 1 fully saturated rings. The highest BCUT2D eigenvalue weighted by molar-refractivity contribution is 5.84. The average Bonchev–Trinajstić information content (AvgIpc) is 2.89. The maximum atomic E-state index is 12.6. The third kappa shape index (κ3) is 2.56. The van der Waals surface area contributed by atoms with Crippen LogP contribution in [-0.2, 0) is 4.79 Å². The van der Waals surface area contributed by atoms with Crippen LogP contribution in [0.1, 0.15) is 37.7 Å². The monoisotopic (exact) mass is 246 g/mol. The predicted octanol–water partition coefficient (Wildman–Crippen LogP) is 2.13. The number of benzene rings is 1. The van der Waals surface area contributed by atoms with Crippen LogP contribution in [0.4, 0.5) is 0 Å². The van der Waals surface area contributed by atoms with Gasteiger partial charge in [-0.25, -0.2) is 0 Å². The van der Waals surface area contributed by atoms with Crippen molar-refractivity contribution in [2.75, 3.05) is 13.1 Å². The summed E-state index contributed by atoms with van der Waals surface area (Å²) in [4.78, 5) is 14.6. The first-order valence-electron chi connectivity index (χ1n) is 6.83. The van der Waals surface area contributed by atoms with Crippen LogP contribution in [0.15, 0.2) is 30.3 Å². The fraction of sp³-hybridized carbons (Fsp3) is 0.533. The molecule has 2 unspecified atom stereocenters. The number of nitrogens with zero attached hydrogens (tertiary/aromatic N) is 1. The van der Waals surface area contributed by atoms with Crippen molar-refractivity contribution < 1.29 is 4.79 Å². The number of hydrogen-bond acceptors (Lipinski definition) is 2. The van der Waals surface area contributed by atoms with E-state index in [1.54, 1.807) is 0 Å². The van der Waals surface area contributed by atoms with Crippen LogP contribution in [-0.4, -0.2) is 29.9 Å². The molecule has 0 saturated carbocycles. The highest BCUT2D eigenvalue weighted by Gasteiger charge is 2.32. The van der Waals surface area contributed by atoms with Gasteiger partial charge in [0.15, 0.2) is 0 Å². The van der Waals surface area contributed by atoms with Crippen LogP contribution in [0.3, 0.4) is 0 Å². The van der Waals surface area contributed by atoms with Gasteiger partial charge in [0.1, 0.15) is 0 Å². The van der Waals surface area contributed by atoms with Crippen LogP contribution in [0.25, 0.3) is 0 Å². The van der Waals surface area contributed by atoms with E-state index in [0.29, 0.717) is 6.54 Å². The summed E-state index contributed by atoms with van der Waals surface area (Å²) in [7, 11) is 0. The first-order chi connectivity index (χ1) is 8.77. The molecule has 0 spiro atoms. The van der Waals surface area contributed by atoms with Crippen LogP contribution < -0.4 is 5.73 Å². The number of rotatable bonds is 4. The van der Waals surface area contributed by atoms with Crippen LogP contribution >= 0.6 is 0 Å². The number of nitrogens with two attached hydrogens (primary N) is 1. The van der Waals surface area contributed by atoms with Gasteiger partial charge in [-0.1, -0.05) is 37.3 Å². The molecule has 2 N–H and O–H groups in total. The molecule has 2 rings (SSSR count). The van der Waals surface area contributed by atoms with E-state index in [1.807, 2.05) is 35.2 Å². The van der Waals surface area contributed by atoms with Gasteiger partial charge in [-0.2, -0.15) is 0 Å². The van der Waals surface area contributed by atoms with Gasteiger partial charge in [0, 0.05) is 19.1 Å². The van der Waals surface area contributed by atoms with E-state index in [1.165, 1.54) is 0 Å². The second-order valence-electron chi connectivity index (χ2n) is 4.93. The number of likely N-dealkylation sites (tertiary alicyclic amines) is 1. The molecule has 1 heterocycles. The molecule has 1 amide bonds. The summed E-state index contributed by atoms with van der Waals surface area (Å²) >= 11 is 0. The lowest BCUT2D eigenvalue weighted by Gasteiger charge is -2.28. The van der Waals surface area contributed by atoms with E-state index >= 15 is 0 Å². The Balaban J connectivity index is 2.15. The van der Waals surface area contributed by atoms with E-state index < -0.39 is 0 Å². The lowest BCUT2D eigenvalue weighted by molar-refractivity contribution is -0.133. The summed E-state index contributed by atoms with van der Waals surface area (Å²) in [5.41, 5.74) is 6.87. The van der Waals surface area contributed by atoms with Crippen molar-refractivity contribution in [3.8, 4) is 0 Å². The van der Waals surface area contributed by atoms with Crippen LogP contribution in [0.5, 0.6) is 0 Å². The second kappa shape index (κ2) is 6.01. The Kier molecular flexibility index (Phi) is 4.37. The predicted molar refractivity (Wildman–Crippen MR) is 73.3 cm³/mol. The topological polar surface area (TPSA) is 46.3 Å². The summed E-state index contributed by atoms with van der Waals surface area (Å²) in [6, 6.07) is 10.3. The molecule has 0 aliphatic carbocycles. The Morgan fingerprint density at radius 1 is 1.44 bits per heavy atom. The fourth-order valence-corrected chi connectivity index (χ4v) is 2.81. The molecule has 2 atom stereocenters. The molecule has 1 aromatic rings. The lowest BCUT2D eigenvalue weighted by Crippen LogP contribution is -2.42. The zero-order chi connectivity index (χ0) is 13.0. The maximum Gasteiger partial charge on any atom is 0.230 e. The van der Waals surface area contributed by atoms with E-state index in [-0.39, 0.29) is 17.9 Å². The molecule has 1 aliphatic heterocycles. The third-order valence-electron chi connectivity index (χ3n) is 3.84. The van der Waals surface area contributed by atoms with Crippen molar-refractivity contribution in [2.45, 2.75) is 38.1 Å². The van der Waals surface area contributed by atoms with Gasteiger partial charge in [0.05, 0.1) is 5.92 Å². The normalized spacial score (nSPS) is 21.0. The van der Waals surface area contributed by atoms with Crippen molar-refractivity contribution in [3.63, 3.8) is 0 Å². The first kappa shape index (κ1) is 13.1. The molecule has 3 nitrogen and oxygen atoms in total. The molecule has 18 heavy (non-hydrogen) atoms. The van der Waals surface area contributed by atoms with Crippen LogP contribution in [0, 0.1) is 0 Å². The quantitative estimate of drug-likeness (QED) is 0.884. The van der Waals surface area contributed by atoms with Gasteiger partial charge in [-0.3, -0.25) is 4.79 Å². The third-order valence-corrected chi connectivity index (χ3v) is 3.84. The first-order valence-corrected chi connectivity index (χ1v) is 6.83. The SMILES string of the molecule is CCC(C(=O)N1CCCC1CN)c1ccccc1. The summed E-state index contributed by atoms with van der Waals surface area (Å²) in [5.74, 6) is 0.231. The molecule has 1 aromatic carbocycles. The van der Waals surface area contributed by atoms with Gasteiger partial charge in [-0.15, -0.1) is 0 Å². The van der Waals surface area contributed by atoms with Gasteiger partial charge in [0.2, 0.25) is 5.91 Å². The molecule has 1 saturated heterocycles. The summed E-state index contributed by atoms with van der Waals surface area (Å²) in [6.45, 7) is 3.52. The van der Waals surface area contributed by atoms with Crippen molar-refractivity contribution >= 4 is 5.91 Å². The Morgan fingerprint density at radius 2 is 2.17 bits per heavy atom. The number of carbonyl (C=O) groups is 1. The zero-order valence-corrected chi connectivity index (χ0v) is 11.0. The minimum absolute atomic E-state index is 0.0154. The van der Waals surface area contributed by atoms with E-state index in [2.05, 4.69) is 6.92 Å². The van der Waals surface area contributed by atoms with E-state index in [9.17, 15) is 4.79 Å². The van der Waals surface area contributed by atoms with Gasteiger partial charge < -0.3 is 10.6 Å². The van der Waals surface area contributed by atoms with E-state index in [0.717, 1.165) is 31.4 Å². The van der Waals surface area contributed by atoms with Gasteiger partial charge in [0.25, 0.3) is 0 Å². The molecule has 0 bridgehead atoms. The molecular formula is C15H22N2O. The largest absolute Gasteiger partial charge is 0.338 e. The summed E-state index contributed by atoms with van der Waals surface area (Å²) in [6.07, 6.45) is 2.98. The molecule has 98 valence electrons. The molecule has 1 aliphatic rings. The molecule has 0 aromatic heterocycles. The van der Waals surface area contributed by atoms with Gasteiger partial charge >= 0.3 is 0 Å². The number of carbonyl (C=O) groups excluding carboxylic acids is 1. The van der Waals surface area contributed by atoms with Gasteiger partial charge in [-0.05, 0) is 24.8 Å². The number of amides is 1. The lowest BCUT2D eigenvalue weighted by atomic mass is 9.95. The van der Waals surface area contributed by atoms with Crippen LogP contribution in [0.2, 0.25) is 0 Å². The van der Waals surface area contributed by atoms with Crippen molar-refractivity contribution in [3.05, 3.63) is 35.9 Å². The Hall–Kier alpha value is -1.35. The molecule has 3 heteroatoms. The summed E-state index contributed by atoms with van der Waals surface area (Å²) < 4.78 is 0. The highest BCUT2D eigenvalue weighted by atomic mass is 16.2. The van der Waals surface area contributed by atoms with Crippen molar-refractivity contribution in [1.82, 2.24) is 4.90 Å². The standard InChI is InChI=1S/C15H22N2O/c1-2-14(12-7-4-3-5-8-12)15(18)17-10-6-9-13(17)11-16/h3-5,7-8,13-14H,2,6,9-11,16H2,1H3. The Bertz CT molecular complexity index is 391. The molecule has 0 radical (unpaired) electrons. The zero-order valence-electron chi connectivity index (χ0n) is 11.0. The molecular weight excluding hydrogens is 224 g/mol. The summed E-state index contributed by atoms with van der Waals surface area (Å²) in [5, 5.41) is 0. The number of hydrogen-bond donors (Lipinski definition) is 1. The van der Waals surface area contributed by atoms with E-state index in [4.69, 9.17) is 5.73 Å². The smallest absolute Gasteiger partial charge is 0.230 e. The minimum Gasteiger partial charge on any atom is -0.338 e. The van der Waals surface area contributed by atoms with Crippen molar-refractivity contribution in [2.24, 2.45) is 5.73 Å². The highest BCUT2D eigenvalue weighted by Crippen LogP contribution is 2.26. The Labute approximate surface area is 109 Å². The Morgan fingerprint density at radius 3 is 2.78 bits per heavy atom. The maximum absolute atomic E-state index is 12.6. The second-order valence-corrected chi connectivity index (χ2v) is 4.93.